The van der Waals surface area contributed by atoms with Crippen molar-refractivity contribution in [2.45, 2.75) is 4.90 Å². The molecule has 0 saturated heterocycles. The monoisotopic (exact) mass is 373 g/mol. The highest BCUT2D eigenvalue weighted by Crippen LogP contribution is 2.24. The third-order valence-electron chi connectivity index (χ3n) is 3.64. The van der Waals surface area contributed by atoms with Crippen molar-refractivity contribution in [2.24, 2.45) is 0 Å². The number of para-hydroxylation sites is 1. The Hall–Kier alpha value is -2.57. The summed E-state index contributed by atoms with van der Waals surface area (Å²) in [7, 11) is -1.78. The lowest BCUT2D eigenvalue weighted by atomic mass is 10.3. The number of aromatic nitrogens is 1. The zero-order valence-electron chi connectivity index (χ0n) is 13.4. The first kappa shape index (κ1) is 17.3. The maximum atomic E-state index is 12.3. The molecule has 1 N–H and O–H groups in total. The standard InChI is InChI=1S/C18H16ClN3O2S/c1-22(15-5-3-2-4-6-15)16-9-12-18(20-13-16)21-25(23,24)17-10-7-14(19)8-11-17/h2-13H,1H3,(H,20,21). The van der Waals surface area contributed by atoms with Crippen molar-refractivity contribution in [3.05, 3.63) is 77.9 Å². The van der Waals surface area contributed by atoms with Crippen LogP contribution in [0.3, 0.4) is 0 Å². The van der Waals surface area contributed by atoms with Gasteiger partial charge < -0.3 is 4.90 Å². The number of halogens is 1. The van der Waals surface area contributed by atoms with Crippen LogP contribution in [0.2, 0.25) is 5.02 Å². The minimum absolute atomic E-state index is 0.129. The van der Waals surface area contributed by atoms with Gasteiger partial charge in [0.15, 0.2) is 0 Å². The molecule has 5 nitrogen and oxygen atoms in total. The average Bonchev–Trinajstić information content (AvgIpc) is 2.62. The van der Waals surface area contributed by atoms with Gasteiger partial charge in [0.05, 0.1) is 16.8 Å². The van der Waals surface area contributed by atoms with Gasteiger partial charge in [0, 0.05) is 17.8 Å². The molecule has 0 spiro atoms. The predicted molar refractivity (Wildman–Crippen MR) is 101 cm³/mol. The molecule has 0 saturated carbocycles. The molecule has 0 unspecified atom stereocenters. The SMILES string of the molecule is CN(c1ccccc1)c1ccc(NS(=O)(=O)c2ccc(Cl)cc2)nc1. The van der Waals surface area contributed by atoms with Gasteiger partial charge in [-0.1, -0.05) is 29.8 Å². The Morgan fingerprint density at radius 1 is 0.920 bits per heavy atom. The lowest BCUT2D eigenvalue weighted by Gasteiger charge is -2.19. The van der Waals surface area contributed by atoms with E-state index in [9.17, 15) is 8.42 Å². The van der Waals surface area contributed by atoms with Crippen molar-refractivity contribution in [1.82, 2.24) is 4.98 Å². The zero-order valence-corrected chi connectivity index (χ0v) is 15.0. The van der Waals surface area contributed by atoms with E-state index in [1.54, 1.807) is 18.3 Å². The van der Waals surface area contributed by atoms with Crippen LogP contribution in [-0.2, 0) is 10.0 Å². The van der Waals surface area contributed by atoms with Gasteiger partial charge in [-0.25, -0.2) is 13.4 Å². The fourth-order valence-corrected chi connectivity index (χ4v) is 3.39. The quantitative estimate of drug-likeness (QED) is 0.724. The van der Waals surface area contributed by atoms with Crippen molar-refractivity contribution in [3.63, 3.8) is 0 Å². The minimum Gasteiger partial charge on any atom is -0.343 e. The van der Waals surface area contributed by atoms with Crippen LogP contribution in [0.4, 0.5) is 17.2 Å². The Morgan fingerprint density at radius 2 is 1.60 bits per heavy atom. The van der Waals surface area contributed by atoms with E-state index < -0.39 is 10.0 Å². The highest BCUT2D eigenvalue weighted by Gasteiger charge is 2.15. The molecule has 0 bridgehead atoms. The molecule has 0 radical (unpaired) electrons. The molecular weight excluding hydrogens is 358 g/mol. The Balaban J connectivity index is 1.77. The third kappa shape index (κ3) is 4.10. The van der Waals surface area contributed by atoms with Gasteiger partial charge in [-0.15, -0.1) is 0 Å². The van der Waals surface area contributed by atoms with E-state index in [4.69, 9.17) is 11.6 Å². The van der Waals surface area contributed by atoms with Gasteiger partial charge in [-0.2, -0.15) is 0 Å². The number of rotatable bonds is 5. The lowest BCUT2D eigenvalue weighted by Crippen LogP contribution is -2.14. The molecule has 0 atom stereocenters. The fourth-order valence-electron chi connectivity index (χ4n) is 2.26. The number of pyridine rings is 1. The molecule has 0 amide bonds. The molecule has 25 heavy (non-hydrogen) atoms. The largest absolute Gasteiger partial charge is 0.343 e. The molecule has 0 aliphatic rings. The smallest absolute Gasteiger partial charge is 0.263 e. The van der Waals surface area contributed by atoms with Crippen LogP contribution in [0.25, 0.3) is 0 Å². The molecule has 0 aliphatic carbocycles. The second-order valence-electron chi connectivity index (χ2n) is 5.36. The maximum Gasteiger partial charge on any atom is 0.263 e. The van der Waals surface area contributed by atoms with Crippen molar-refractivity contribution in [2.75, 3.05) is 16.7 Å². The highest BCUT2D eigenvalue weighted by atomic mass is 35.5. The first-order chi connectivity index (χ1) is 12.0. The topological polar surface area (TPSA) is 62.3 Å². The van der Waals surface area contributed by atoms with E-state index in [1.165, 1.54) is 24.3 Å². The Kier molecular flexibility index (Phi) is 4.92. The summed E-state index contributed by atoms with van der Waals surface area (Å²) in [5, 5.41) is 0.477. The number of nitrogens with one attached hydrogen (secondary N) is 1. The van der Waals surface area contributed by atoms with Gasteiger partial charge in [0.1, 0.15) is 5.82 Å². The molecule has 7 heteroatoms. The van der Waals surface area contributed by atoms with Gasteiger partial charge in [-0.05, 0) is 48.5 Å². The van der Waals surface area contributed by atoms with Crippen molar-refractivity contribution in [3.8, 4) is 0 Å². The summed E-state index contributed by atoms with van der Waals surface area (Å²) >= 11 is 5.79. The normalized spacial score (nSPS) is 11.1. The number of nitrogens with zero attached hydrogens (tertiary/aromatic N) is 2. The molecular formula is C18H16ClN3O2S. The Morgan fingerprint density at radius 3 is 2.20 bits per heavy atom. The van der Waals surface area contributed by atoms with Gasteiger partial charge in [0.25, 0.3) is 10.0 Å². The highest BCUT2D eigenvalue weighted by molar-refractivity contribution is 7.92. The van der Waals surface area contributed by atoms with Crippen molar-refractivity contribution >= 4 is 38.8 Å². The number of hydrogen-bond acceptors (Lipinski definition) is 4. The second-order valence-corrected chi connectivity index (χ2v) is 7.47. The van der Waals surface area contributed by atoms with Crippen LogP contribution in [0.1, 0.15) is 0 Å². The van der Waals surface area contributed by atoms with E-state index in [-0.39, 0.29) is 10.7 Å². The summed E-state index contributed by atoms with van der Waals surface area (Å²) in [5.41, 5.74) is 1.86. The van der Waals surface area contributed by atoms with E-state index in [0.29, 0.717) is 5.02 Å². The minimum atomic E-state index is -3.70. The molecule has 3 aromatic rings. The summed E-state index contributed by atoms with van der Waals surface area (Å²) in [6.07, 6.45) is 1.62. The fraction of sp³-hybridized carbons (Fsp3) is 0.0556. The third-order valence-corrected chi connectivity index (χ3v) is 5.26. The van der Waals surface area contributed by atoms with Gasteiger partial charge in [0.2, 0.25) is 0 Å². The molecule has 2 aromatic carbocycles. The van der Waals surface area contributed by atoms with Crippen LogP contribution in [0.15, 0.2) is 77.8 Å². The van der Waals surface area contributed by atoms with Crippen molar-refractivity contribution in [1.29, 1.82) is 0 Å². The van der Waals surface area contributed by atoms with Crippen LogP contribution >= 0.6 is 11.6 Å². The van der Waals surface area contributed by atoms with Crippen LogP contribution in [-0.4, -0.2) is 20.4 Å². The lowest BCUT2D eigenvalue weighted by molar-refractivity contribution is 0.601. The first-order valence-corrected chi connectivity index (χ1v) is 9.35. The molecule has 0 fully saturated rings. The number of hydrogen-bond donors (Lipinski definition) is 1. The van der Waals surface area contributed by atoms with Crippen LogP contribution in [0, 0.1) is 0 Å². The Bertz CT molecular complexity index is 944. The van der Waals surface area contributed by atoms with E-state index in [0.717, 1.165) is 11.4 Å². The summed E-state index contributed by atoms with van der Waals surface area (Å²) in [5.74, 6) is 0.250. The zero-order chi connectivity index (χ0) is 17.9. The number of anilines is 3. The first-order valence-electron chi connectivity index (χ1n) is 7.49. The summed E-state index contributed by atoms with van der Waals surface area (Å²) < 4.78 is 27.2. The van der Waals surface area contributed by atoms with E-state index >= 15 is 0 Å². The average molecular weight is 374 g/mol. The number of benzene rings is 2. The summed E-state index contributed by atoms with van der Waals surface area (Å²) in [4.78, 5) is 6.29. The van der Waals surface area contributed by atoms with Gasteiger partial charge in [-0.3, -0.25) is 4.72 Å². The molecule has 1 aromatic heterocycles. The van der Waals surface area contributed by atoms with Crippen LogP contribution < -0.4 is 9.62 Å². The summed E-state index contributed by atoms with van der Waals surface area (Å²) in [6.45, 7) is 0. The predicted octanol–water partition coefficient (Wildman–Crippen LogP) is 4.30. The van der Waals surface area contributed by atoms with E-state index in [2.05, 4.69) is 9.71 Å². The second kappa shape index (κ2) is 7.13. The molecule has 1 heterocycles. The summed E-state index contributed by atoms with van der Waals surface area (Å²) in [6, 6.07) is 19.2. The van der Waals surface area contributed by atoms with Crippen LogP contribution in [0.5, 0.6) is 0 Å². The number of sulfonamides is 1. The van der Waals surface area contributed by atoms with E-state index in [1.807, 2.05) is 42.3 Å². The molecule has 128 valence electrons. The van der Waals surface area contributed by atoms with Crippen molar-refractivity contribution < 1.29 is 8.42 Å². The Labute approximate surface area is 152 Å². The maximum absolute atomic E-state index is 12.3. The molecule has 0 aliphatic heterocycles. The molecule has 3 rings (SSSR count). The van der Waals surface area contributed by atoms with Gasteiger partial charge >= 0.3 is 0 Å².